The van der Waals surface area contributed by atoms with Crippen molar-refractivity contribution in [3.05, 3.63) is 64.1 Å². The minimum atomic E-state index is -3.76. The zero-order chi connectivity index (χ0) is 25.6. The second kappa shape index (κ2) is 12.0. The summed E-state index contributed by atoms with van der Waals surface area (Å²) >= 11 is 3.40. The molecule has 1 fully saturated rings. The van der Waals surface area contributed by atoms with Crippen LogP contribution in [0, 0.1) is 6.92 Å². The van der Waals surface area contributed by atoms with Crippen LogP contribution >= 0.6 is 15.9 Å². The van der Waals surface area contributed by atoms with E-state index in [2.05, 4.69) is 21.2 Å². The van der Waals surface area contributed by atoms with Gasteiger partial charge in [0.05, 0.1) is 11.9 Å². The van der Waals surface area contributed by atoms with E-state index in [1.54, 1.807) is 24.3 Å². The van der Waals surface area contributed by atoms with Crippen LogP contribution in [0.25, 0.3) is 0 Å². The standard InChI is InChI=1S/C26H34BrN3O4S/c1-4-23(26(32)28-21-12-5-6-13-21)29(17-20-11-9-10-19(2)16-20)25(31)18-30(35(3,33)34)24-15-8-7-14-22(24)27/h7-11,14-16,21,23H,4-6,12-13,17-18H2,1-3H3,(H,28,32)/t23-/m1/s1. The molecule has 2 aromatic rings. The summed E-state index contributed by atoms with van der Waals surface area (Å²) < 4.78 is 27.1. The summed E-state index contributed by atoms with van der Waals surface area (Å²) in [6, 6.07) is 14.1. The van der Waals surface area contributed by atoms with Crippen molar-refractivity contribution in [2.24, 2.45) is 0 Å². The molecule has 0 radical (unpaired) electrons. The highest BCUT2D eigenvalue weighted by Crippen LogP contribution is 2.28. The number of benzene rings is 2. The summed E-state index contributed by atoms with van der Waals surface area (Å²) in [4.78, 5) is 28.6. The van der Waals surface area contributed by atoms with E-state index < -0.39 is 28.5 Å². The van der Waals surface area contributed by atoms with Crippen molar-refractivity contribution in [3.63, 3.8) is 0 Å². The Bertz CT molecular complexity index is 1150. The number of nitrogens with zero attached hydrogens (tertiary/aromatic N) is 2. The van der Waals surface area contributed by atoms with Gasteiger partial charge >= 0.3 is 0 Å². The lowest BCUT2D eigenvalue weighted by molar-refractivity contribution is -0.140. The Morgan fingerprint density at radius 3 is 2.40 bits per heavy atom. The average Bonchev–Trinajstić information content (AvgIpc) is 3.30. The molecule has 1 saturated carbocycles. The number of amides is 2. The number of hydrogen-bond donors (Lipinski definition) is 1. The number of anilines is 1. The molecule has 7 nitrogen and oxygen atoms in total. The SMILES string of the molecule is CC[C@H](C(=O)NC1CCCC1)N(Cc1cccc(C)c1)C(=O)CN(c1ccccc1Br)S(C)(=O)=O. The van der Waals surface area contributed by atoms with E-state index in [9.17, 15) is 18.0 Å². The van der Waals surface area contributed by atoms with Gasteiger partial charge in [0.25, 0.3) is 0 Å². The molecule has 0 aliphatic heterocycles. The third-order valence-electron chi connectivity index (χ3n) is 6.32. The molecule has 0 saturated heterocycles. The molecule has 1 atom stereocenters. The van der Waals surface area contributed by atoms with Crippen molar-refractivity contribution in [1.29, 1.82) is 0 Å². The molecule has 1 N–H and O–H groups in total. The number of halogens is 1. The molecule has 0 bridgehead atoms. The molecule has 2 aromatic carbocycles. The molecule has 1 aliphatic carbocycles. The van der Waals surface area contributed by atoms with E-state index in [-0.39, 0.29) is 18.5 Å². The van der Waals surface area contributed by atoms with Gasteiger partial charge in [-0.25, -0.2) is 8.42 Å². The molecule has 0 spiro atoms. The number of aryl methyl sites for hydroxylation is 1. The van der Waals surface area contributed by atoms with Crippen molar-refractivity contribution in [2.45, 2.75) is 64.6 Å². The van der Waals surface area contributed by atoms with Crippen LogP contribution in [-0.2, 0) is 26.2 Å². The lowest BCUT2D eigenvalue weighted by atomic mass is 10.1. The fourth-order valence-electron chi connectivity index (χ4n) is 4.54. The first-order valence-corrected chi connectivity index (χ1v) is 14.6. The fourth-order valence-corrected chi connectivity index (χ4v) is 6.02. The molecule has 9 heteroatoms. The number of hydrogen-bond acceptors (Lipinski definition) is 4. The Morgan fingerprint density at radius 1 is 1.11 bits per heavy atom. The third-order valence-corrected chi connectivity index (χ3v) is 8.12. The van der Waals surface area contributed by atoms with Gasteiger partial charge in [0.15, 0.2) is 0 Å². The van der Waals surface area contributed by atoms with Crippen LogP contribution in [0.5, 0.6) is 0 Å². The Labute approximate surface area is 217 Å². The van der Waals surface area contributed by atoms with Gasteiger partial charge in [-0.15, -0.1) is 0 Å². The maximum Gasteiger partial charge on any atom is 0.244 e. The van der Waals surface area contributed by atoms with Crippen molar-refractivity contribution in [3.8, 4) is 0 Å². The number of sulfonamides is 1. The molecule has 190 valence electrons. The number of para-hydroxylation sites is 1. The number of carbonyl (C=O) groups excluding carboxylic acids is 2. The molecule has 1 aliphatic rings. The lowest BCUT2D eigenvalue weighted by Crippen LogP contribution is -2.53. The highest BCUT2D eigenvalue weighted by Gasteiger charge is 2.33. The van der Waals surface area contributed by atoms with Gasteiger partial charge < -0.3 is 10.2 Å². The van der Waals surface area contributed by atoms with Gasteiger partial charge in [0, 0.05) is 17.1 Å². The second-order valence-corrected chi connectivity index (χ2v) is 11.9. The van der Waals surface area contributed by atoms with Crippen molar-refractivity contribution < 1.29 is 18.0 Å². The second-order valence-electron chi connectivity index (χ2n) is 9.15. The summed E-state index contributed by atoms with van der Waals surface area (Å²) in [6.07, 6.45) is 5.56. The van der Waals surface area contributed by atoms with E-state index in [1.807, 2.05) is 38.1 Å². The summed E-state index contributed by atoms with van der Waals surface area (Å²) in [6.45, 7) is 3.65. The summed E-state index contributed by atoms with van der Waals surface area (Å²) in [5, 5.41) is 3.11. The predicted molar refractivity (Wildman–Crippen MR) is 143 cm³/mol. The van der Waals surface area contributed by atoms with E-state index >= 15 is 0 Å². The highest BCUT2D eigenvalue weighted by molar-refractivity contribution is 9.10. The summed E-state index contributed by atoms with van der Waals surface area (Å²) in [5.41, 5.74) is 2.31. The Kier molecular flexibility index (Phi) is 9.35. The fraction of sp³-hybridized carbons (Fsp3) is 0.462. The van der Waals surface area contributed by atoms with Crippen LogP contribution in [0.1, 0.15) is 50.2 Å². The van der Waals surface area contributed by atoms with Crippen LogP contribution in [0.4, 0.5) is 5.69 Å². The minimum absolute atomic E-state index is 0.125. The van der Waals surface area contributed by atoms with E-state index in [4.69, 9.17) is 0 Å². The van der Waals surface area contributed by atoms with E-state index in [1.165, 1.54) is 4.90 Å². The van der Waals surface area contributed by atoms with Gasteiger partial charge in [0.1, 0.15) is 12.6 Å². The highest BCUT2D eigenvalue weighted by atomic mass is 79.9. The van der Waals surface area contributed by atoms with Gasteiger partial charge in [-0.05, 0) is 59.8 Å². The van der Waals surface area contributed by atoms with Crippen LogP contribution in [0.2, 0.25) is 0 Å². The molecular weight excluding hydrogens is 530 g/mol. The molecule has 3 rings (SSSR count). The first-order valence-electron chi connectivity index (χ1n) is 12.0. The maximum atomic E-state index is 13.7. The third kappa shape index (κ3) is 7.30. The Morgan fingerprint density at radius 2 is 1.80 bits per heavy atom. The van der Waals surface area contributed by atoms with Crippen LogP contribution in [0.3, 0.4) is 0 Å². The minimum Gasteiger partial charge on any atom is -0.352 e. The predicted octanol–water partition coefficient (Wildman–Crippen LogP) is 4.39. The van der Waals surface area contributed by atoms with Gasteiger partial charge in [-0.2, -0.15) is 0 Å². The first-order chi connectivity index (χ1) is 16.6. The molecule has 35 heavy (non-hydrogen) atoms. The molecule has 0 unspecified atom stereocenters. The van der Waals surface area contributed by atoms with Gasteiger partial charge in [-0.3, -0.25) is 13.9 Å². The van der Waals surface area contributed by atoms with Crippen molar-refractivity contribution >= 4 is 43.5 Å². The van der Waals surface area contributed by atoms with Crippen molar-refractivity contribution in [2.75, 3.05) is 17.1 Å². The monoisotopic (exact) mass is 563 g/mol. The summed E-state index contributed by atoms with van der Waals surface area (Å²) in [7, 11) is -3.76. The largest absolute Gasteiger partial charge is 0.352 e. The topological polar surface area (TPSA) is 86.8 Å². The van der Waals surface area contributed by atoms with E-state index in [0.717, 1.165) is 47.4 Å². The maximum absolute atomic E-state index is 13.7. The molecule has 2 amide bonds. The number of rotatable bonds is 10. The normalized spacial score (nSPS) is 15.0. The summed E-state index contributed by atoms with van der Waals surface area (Å²) in [5.74, 6) is -0.617. The average molecular weight is 565 g/mol. The first kappa shape index (κ1) is 27.2. The Hall–Kier alpha value is -2.39. The smallest absolute Gasteiger partial charge is 0.244 e. The lowest BCUT2D eigenvalue weighted by Gasteiger charge is -2.33. The van der Waals surface area contributed by atoms with Crippen LogP contribution < -0.4 is 9.62 Å². The number of carbonyl (C=O) groups is 2. The van der Waals surface area contributed by atoms with Gasteiger partial charge in [0.2, 0.25) is 21.8 Å². The van der Waals surface area contributed by atoms with Crippen LogP contribution in [-0.4, -0.2) is 50.0 Å². The zero-order valence-corrected chi connectivity index (χ0v) is 22.9. The van der Waals surface area contributed by atoms with Crippen LogP contribution in [0.15, 0.2) is 53.0 Å². The van der Waals surface area contributed by atoms with Crippen molar-refractivity contribution in [1.82, 2.24) is 10.2 Å². The van der Waals surface area contributed by atoms with Gasteiger partial charge in [-0.1, -0.05) is 61.7 Å². The Balaban J connectivity index is 1.93. The number of nitrogens with one attached hydrogen (secondary N) is 1. The zero-order valence-electron chi connectivity index (χ0n) is 20.5. The molecular formula is C26H34BrN3O4S. The quantitative estimate of drug-likeness (QED) is 0.464. The molecule has 0 aromatic heterocycles. The van der Waals surface area contributed by atoms with E-state index in [0.29, 0.717) is 16.6 Å². The molecule has 0 heterocycles.